The van der Waals surface area contributed by atoms with Gasteiger partial charge in [0.25, 0.3) is 0 Å². The number of para-hydroxylation sites is 1. The molecule has 0 spiro atoms. The molecule has 0 saturated heterocycles. The van der Waals surface area contributed by atoms with Crippen LogP contribution in [-0.2, 0) is 5.41 Å². The van der Waals surface area contributed by atoms with Crippen LogP contribution in [0.5, 0.6) is 0 Å². The van der Waals surface area contributed by atoms with E-state index in [0.29, 0.717) is 0 Å². The minimum absolute atomic E-state index is 0.519. The molecule has 1 heterocycles. The van der Waals surface area contributed by atoms with E-state index in [4.69, 9.17) is 4.42 Å². The quantitative estimate of drug-likeness (QED) is 0.157. The van der Waals surface area contributed by atoms with Gasteiger partial charge in [-0.25, -0.2) is 0 Å². The van der Waals surface area contributed by atoms with Crippen LogP contribution in [0.25, 0.3) is 65.7 Å². The van der Waals surface area contributed by atoms with Gasteiger partial charge in [0.15, 0.2) is 0 Å². The van der Waals surface area contributed by atoms with Crippen LogP contribution in [0.15, 0.2) is 229 Å². The first-order valence-electron chi connectivity index (χ1n) is 20.3. The van der Waals surface area contributed by atoms with E-state index >= 15 is 0 Å². The molecule has 10 aromatic carbocycles. The Bertz CT molecular complexity index is 3330. The summed E-state index contributed by atoms with van der Waals surface area (Å²) in [5.74, 6) is 0. The number of anilines is 3. The molecule has 0 radical (unpaired) electrons. The molecule has 0 atom stereocenters. The van der Waals surface area contributed by atoms with Gasteiger partial charge in [-0.3, -0.25) is 0 Å². The Balaban J connectivity index is 1.08. The molecule has 0 bridgehead atoms. The second-order valence-corrected chi connectivity index (χ2v) is 15.6. The fourth-order valence-electron chi connectivity index (χ4n) is 9.93. The van der Waals surface area contributed by atoms with Gasteiger partial charge in [-0.1, -0.05) is 182 Å². The number of nitrogens with zero attached hydrogens (tertiary/aromatic N) is 1. The Morgan fingerprint density at radius 2 is 0.864 bits per heavy atom. The number of rotatable bonds is 6. The van der Waals surface area contributed by atoms with Crippen LogP contribution < -0.4 is 4.90 Å². The van der Waals surface area contributed by atoms with Crippen molar-refractivity contribution in [1.82, 2.24) is 0 Å². The fraction of sp³-hybridized carbons (Fsp3) is 0.0175. The van der Waals surface area contributed by atoms with E-state index in [1.807, 2.05) is 12.1 Å². The summed E-state index contributed by atoms with van der Waals surface area (Å²) < 4.78 is 6.50. The molecular formula is C57H37NO. The second kappa shape index (κ2) is 13.2. The van der Waals surface area contributed by atoms with E-state index < -0.39 is 5.41 Å². The lowest BCUT2D eigenvalue weighted by Gasteiger charge is -2.34. The van der Waals surface area contributed by atoms with Crippen molar-refractivity contribution < 1.29 is 4.42 Å². The summed E-state index contributed by atoms with van der Waals surface area (Å²) in [7, 11) is 0. The van der Waals surface area contributed by atoms with Gasteiger partial charge in [-0.05, 0) is 97.1 Å². The highest BCUT2D eigenvalue weighted by atomic mass is 16.3. The van der Waals surface area contributed by atoms with E-state index in [0.717, 1.165) is 39.0 Å². The van der Waals surface area contributed by atoms with Crippen LogP contribution in [-0.4, -0.2) is 0 Å². The normalized spacial score (nSPS) is 12.9. The molecule has 1 aromatic heterocycles. The summed E-state index contributed by atoms with van der Waals surface area (Å²) in [5.41, 5.74) is 14.5. The molecular weight excluding hydrogens is 715 g/mol. The van der Waals surface area contributed by atoms with Crippen LogP contribution in [0.1, 0.15) is 22.3 Å². The van der Waals surface area contributed by atoms with Crippen molar-refractivity contribution in [1.29, 1.82) is 0 Å². The lowest BCUT2D eigenvalue weighted by Crippen LogP contribution is -2.28. The smallest absolute Gasteiger partial charge is 0.137 e. The molecule has 0 aliphatic heterocycles. The van der Waals surface area contributed by atoms with Crippen LogP contribution in [0.3, 0.4) is 0 Å². The van der Waals surface area contributed by atoms with Gasteiger partial charge < -0.3 is 9.32 Å². The van der Waals surface area contributed by atoms with Crippen LogP contribution >= 0.6 is 0 Å². The maximum Gasteiger partial charge on any atom is 0.137 e. The average Bonchev–Trinajstić information content (AvgIpc) is 3.83. The number of fused-ring (bicyclic) bond motifs is 9. The predicted octanol–water partition coefficient (Wildman–Crippen LogP) is 15.4. The third kappa shape index (κ3) is 5.06. The summed E-state index contributed by atoms with van der Waals surface area (Å²) in [4.78, 5) is 2.41. The predicted molar refractivity (Wildman–Crippen MR) is 246 cm³/mol. The molecule has 0 amide bonds. The first-order valence-corrected chi connectivity index (χ1v) is 20.3. The molecule has 59 heavy (non-hydrogen) atoms. The Morgan fingerprint density at radius 1 is 0.339 bits per heavy atom. The third-order valence-corrected chi connectivity index (χ3v) is 12.5. The number of hydrogen-bond acceptors (Lipinski definition) is 2. The maximum atomic E-state index is 6.50. The highest BCUT2D eigenvalue weighted by Gasteiger charge is 2.46. The summed E-state index contributed by atoms with van der Waals surface area (Å²) >= 11 is 0. The number of benzene rings is 10. The molecule has 2 nitrogen and oxygen atoms in total. The largest absolute Gasteiger partial charge is 0.456 e. The number of furan rings is 1. The second-order valence-electron chi connectivity index (χ2n) is 15.6. The van der Waals surface area contributed by atoms with Crippen molar-refractivity contribution in [2.24, 2.45) is 0 Å². The molecule has 0 unspecified atom stereocenters. The maximum absolute atomic E-state index is 6.50. The van der Waals surface area contributed by atoms with Crippen LogP contribution in [0.4, 0.5) is 17.1 Å². The molecule has 0 fully saturated rings. The van der Waals surface area contributed by atoms with Gasteiger partial charge >= 0.3 is 0 Å². The Labute approximate surface area is 342 Å². The molecule has 1 aliphatic rings. The van der Waals surface area contributed by atoms with Gasteiger partial charge in [0.2, 0.25) is 0 Å². The molecule has 12 rings (SSSR count). The van der Waals surface area contributed by atoms with Crippen molar-refractivity contribution in [2.45, 2.75) is 5.41 Å². The van der Waals surface area contributed by atoms with E-state index in [9.17, 15) is 0 Å². The monoisotopic (exact) mass is 751 g/mol. The van der Waals surface area contributed by atoms with E-state index in [1.54, 1.807) is 0 Å². The van der Waals surface area contributed by atoms with Crippen molar-refractivity contribution in [2.75, 3.05) is 4.90 Å². The van der Waals surface area contributed by atoms with Crippen molar-refractivity contribution in [3.8, 4) is 22.3 Å². The zero-order chi connectivity index (χ0) is 38.9. The van der Waals surface area contributed by atoms with Crippen LogP contribution in [0.2, 0.25) is 0 Å². The standard InChI is InChI=1S/C57H37NO/c1-2-14-38(15-3-1)39-26-28-41(29-27-39)57(52-23-11-8-19-47(52)48-20-9-12-24-53(48)57)42-30-32-43(33-31-42)58(44-34-35-51-50-22-10-13-25-55(50)59-56(51)37-44)54-36-40-16-4-5-17-45(40)46-18-6-7-21-49(46)54/h1-37H. The lowest BCUT2D eigenvalue weighted by molar-refractivity contribution is 0.669. The SMILES string of the molecule is c1ccc(-c2ccc(C3(c4ccc(N(c5ccc6c(c5)oc5ccccc56)c5cc6ccccc6c6ccccc56)cc4)c4ccccc4-c4ccccc43)cc2)cc1. The molecule has 0 saturated carbocycles. The van der Waals surface area contributed by atoms with E-state index in [2.05, 4.69) is 217 Å². The minimum Gasteiger partial charge on any atom is -0.456 e. The summed E-state index contributed by atoms with van der Waals surface area (Å²) in [5, 5.41) is 7.10. The van der Waals surface area contributed by atoms with Crippen molar-refractivity contribution in [3.05, 3.63) is 247 Å². The van der Waals surface area contributed by atoms with E-state index in [-0.39, 0.29) is 0 Å². The van der Waals surface area contributed by atoms with Gasteiger partial charge in [-0.15, -0.1) is 0 Å². The highest BCUT2D eigenvalue weighted by molar-refractivity contribution is 6.15. The summed E-state index contributed by atoms with van der Waals surface area (Å²) in [6.07, 6.45) is 0. The summed E-state index contributed by atoms with van der Waals surface area (Å²) in [6, 6.07) is 81.9. The first kappa shape index (κ1) is 33.5. The van der Waals surface area contributed by atoms with Gasteiger partial charge in [0.05, 0.1) is 11.1 Å². The Hall–Kier alpha value is -7.68. The zero-order valence-electron chi connectivity index (χ0n) is 32.2. The molecule has 11 aromatic rings. The summed E-state index contributed by atoms with van der Waals surface area (Å²) in [6.45, 7) is 0. The minimum atomic E-state index is -0.519. The molecule has 2 heteroatoms. The van der Waals surface area contributed by atoms with Gasteiger partial charge in [-0.2, -0.15) is 0 Å². The zero-order valence-corrected chi connectivity index (χ0v) is 32.2. The van der Waals surface area contributed by atoms with Gasteiger partial charge in [0, 0.05) is 33.6 Å². The first-order chi connectivity index (χ1) is 29.3. The van der Waals surface area contributed by atoms with Crippen molar-refractivity contribution in [3.63, 3.8) is 0 Å². The van der Waals surface area contributed by atoms with E-state index in [1.165, 1.54) is 66.1 Å². The highest BCUT2D eigenvalue weighted by Crippen LogP contribution is 2.56. The average molecular weight is 752 g/mol. The number of hydrogen-bond donors (Lipinski definition) is 0. The Morgan fingerprint density at radius 3 is 1.59 bits per heavy atom. The molecule has 0 N–H and O–H groups in total. The van der Waals surface area contributed by atoms with Crippen molar-refractivity contribution >= 4 is 60.5 Å². The molecule has 276 valence electrons. The Kier molecular flexibility index (Phi) is 7.48. The topological polar surface area (TPSA) is 16.4 Å². The molecule has 1 aliphatic carbocycles. The third-order valence-electron chi connectivity index (χ3n) is 12.5. The van der Waals surface area contributed by atoms with Gasteiger partial charge in [0.1, 0.15) is 11.2 Å². The van der Waals surface area contributed by atoms with Crippen LogP contribution in [0, 0.1) is 0 Å². The fourth-order valence-corrected chi connectivity index (χ4v) is 9.93. The lowest BCUT2D eigenvalue weighted by atomic mass is 9.67.